The molecule has 0 amide bonds. The van der Waals surface area contributed by atoms with Gasteiger partial charge in [0.15, 0.2) is 0 Å². The number of hydrogen-bond acceptors (Lipinski definition) is 2. The van der Waals surface area contributed by atoms with Crippen molar-refractivity contribution >= 4 is 44.3 Å². The Morgan fingerprint density at radius 1 is 0.538 bits per heavy atom. The smallest absolute Gasteiger partial charge is 0.117 e. The number of aryl methyl sites for hydroxylation is 1. The van der Waals surface area contributed by atoms with Gasteiger partial charge in [0.1, 0.15) is 6.17 Å². The molecule has 1 N–H and O–H groups in total. The van der Waals surface area contributed by atoms with E-state index in [0.717, 1.165) is 17.8 Å². The Morgan fingerprint density at radius 2 is 1.23 bits per heavy atom. The first-order valence-corrected chi connectivity index (χ1v) is 18.1. The van der Waals surface area contributed by atoms with Crippen LogP contribution in [0.4, 0.5) is 11.4 Å². The predicted molar refractivity (Wildman–Crippen MR) is 219 cm³/mol. The van der Waals surface area contributed by atoms with Crippen molar-refractivity contribution in [2.75, 3.05) is 16.8 Å². The van der Waals surface area contributed by atoms with Crippen LogP contribution in [0.5, 0.6) is 0 Å². The van der Waals surface area contributed by atoms with E-state index in [1.54, 1.807) is 0 Å². The van der Waals surface area contributed by atoms with Crippen LogP contribution < -0.4 is 10.2 Å². The van der Waals surface area contributed by atoms with Gasteiger partial charge in [-0.15, -0.1) is 5.73 Å². The van der Waals surface area contributed by atoms with Crippen molar-refractivity contribution in [2.45, 2.75) is 20.0 Å². The number of rotatable bonds is 7. The maximum absolute atomic E-state index is 3.82. The lowest BCUT2D eigenvalue weighted by atomic mass is 9.87. The predicted octanol–water partition coefficient (Wildman–Crippen LogP) is 12.1. The number of allylic oxidation sites excluding steroid dienone is 1. The Kier molecular flexibility index (Phi) is 7.02. The van der Waals surface area contributed by atoms with Gasteiger partial charge >= 0.3 is 0 Å². The lowest BCUT2D eigenvalue weighted by Gasteiger charge is -2.16. The van der Waals surface area contributed by atoms with Crippen LogP contribution in [0, 0.1) is 6.92 Å². The fourth-order valence-electron chi connectivity index (χ4n) is 8.16. The fraction of sp³-hybridized carbons (Fsp3) is 0.0816. The van der Waals surface area contributed by atoms with Crippen LogP contribution in [0.3, 0.4) is 0 Å². The minimum absolute atomic E-state index is 0.317. The summed E-state index contributed by atoms with van der Waals surface area (Å²) in [5.74, 6) is 0. The van der Waals surface area contributed by atoms with Gasteiger partial charge in [-0.3, -0.25) is 0 Å². The highest BCUT2D eigenvalue weighted by Gasteiger charge is 2.34. The molecule has 0 radical (unpaired) electrons. The molecular formula is C49H37N3. The minimum Gasteiger partial charge on any atom is -0.364 e. The second kappa shape index (κ2) is 12.1. The molecule has 0 bridgehead atoms. The number of nitrogens with one attached hydrogen (secondary N) is 1. The highest BCUT2D eigenvalue weighted by atomic mass is 15.4. The first-order valence-electron chi connectivity index (χ1n) is 18.1. The largest absolute Gasteiger partial charge is 0.364 e. The summed E-state index contributed by atoms with van der Waals surface area (Å²) >= 11 is 0. The van der Waals surface area contributed by atoms with Crippen molar-refractivity contribution in [2.24, 2.45) is 0 Å². The zero-order valence-electron chi connectivity index (χ0n) is 29.3. The maximum atomic E-state index is 3.82. The van der Waals surface area contributed by atoms with E-state index in [4.69, 9.17) is 0 Å². The summed E-state index contributed by atoms with van der Waals surface area (Å²) in [6.45, 7) is 5.44. The number of benzene rings is 7. The van der Waals surface area contributed by atoms with Crippen molar-refractivity contribution < 1.29 is 0 Å². The van der Waals surface area contributed by atoms with Gasteiger partial charge in [0.2, 0.25) is 0 Å². The summed E-state index contributed by atoms with van der Waals surface area (Å²) < 4.78 is 2.37. The quantitative estimate of drug-likeness (QED) is 0.135. The summed E-state index contributed by atoms with van der Waals surface area (Å²) in [5, 5.41) is 6.24. The van der Waals surface area contributed by atoms with Crippen LogP contribution in [0.2, 0.25) is 0 Å². The molecule has 1 fully saturated rings. The van der Waals surface area contributed by atoms with Crippen LogP contribution in [0.15, 0.2) is 170 Å². The minimum atomic E-state index is 0.317. The van der Waals surface area contributed by atoms with Gasteiger partial charge in [0.25, 0.3) is 0 Å². The summed E-state index contributed by atoms with van der Waals surface area (Å²) in [5.41, 5.74) is 22.1. The van der Waals surface area contributed by atoms with Crippen LogP contribution in [-0.4, -0.2) is 17.3 Å². The Balaban J connectivity index is 0.998. The van der Waals surface area contributed by atoms with E-state index in [1.807, 2.05) is 0 Å². The van der Waals surface area contributed by atoms with E-state index in [9.17, 15) is 0 Å². The number of fused-ring (bicyclic) bond motifs is 4. The molecule has 10 rings (SSSR count). The van der Waals surface area contributed by atoms with Crippen molar-refractivity contribution in [1.82, 2.24) is 4.57 Å². The molecule has 0 spiro atoms. The van der Waals surface area contributed by atoms with E-state index in [1.165, 1.54) is 83.3 Å². The molecule has 8 aromatic rings. The standard InChI is InChI=1S/C49H37N3/c1-32-23-24-35(34-13-11-14-37(28-34)50-48-31-51(48)38-15-5-3-6-16-38)29-43(32)41-20-12-21-42-44(27-33(2)49(41)42)36-25-26-47-45(30-36)40-19-9-10-22-46(40)52(47)39-17-7-4-8-18-39/h3-26,28-30,48,50H,31H2,1-2H3. The Labute approximate surface area is 304 Å². The van der Waals surface area contributed by atoms with Gasteiger partial charge in [0, 0.05) is 44.5 Å². The van der Waals surface area contributed by atoms with Gasteiger partial charge < -0.3 is 14.8 Å². The van der Waals surface area contributed by atoms with E-state index in [-0.39, 0.29) is 0 Å². The first kappa shape index (κ1) is 30.3. The molecule has 2 aliphatic rings. The monoisotopic (exact) mass is 667 g/mol. The highest BCUT2D eigenvalue weighted by molar-refractivity contribution is 6.11. The second-order valence-electron chi connectivity index (χ2n) is 14.0. The Hall–Kier alpha value is -6.54. The molecule has 3 heteroatoms. The molecule has 1 saturated heterocycles. The number of hydrogen-bond donors (Lipinski definition) is 1. The van der Waals surface area contributed by atoms with Gasteiger partial charge in [-0.25, -0.2) is 0 Å². The highest BCUT2D eigenvalue weighted by Crippen LogP contribution is 2.44. The zero-order chi connectivity index (χ0) is 34.8. The normalized spacial score (nSPS) is 14.7. The molecule has 3 nitrogen and oxygen atoms in total. The third-order valence-corrected chi connectivity index (χ3v) is 10.8. The van der Waals surface area contributed by atoms with Crippen LogP contribution >= 0.6 is 0 Å². The van der Waals surface area contributed by atoms with Crippen molar-refractivity contribution in [3.8, 4) is 27.9 Å². The number of nitrogens with zero attached hydrogens (tertiary/aromatic N) is 2. The van der Waals surface area contributed by atoms with Crippen molar-refractivity contribution in [3.05, 3.63) is 192 Å². The van der Waals surface area contributed by atoms with Gasteiger partial charge in [-0.1, -0.05) is 103 Å². The molecule has 1 aliphatic heterocycles. The summed E-state index contributed by atoms with van der Waals surface area (Å²) in [7, 11) is 0. The molecule has 7 aromatic carbocycles. The third-order valence-electron chi connectivity index (χ3n) is 10.8. The van der Waals surface area contributed by atoms with Crippen molar-refractivity contribution in [3.63, 3.8) is 0 Å². The SMILES string of the molecule is CC1=C=C(c2ccc3c(c2)c2ccccc2n3-c2ccccc2)c2cccc(-c3cc(-c4cccc(NC5CN5c5ccccc5)c4)ccc3C)c21. The molecule has 0 saturated carbocycles. The average molecular weight is 668 g/mol. The lowest BCUT2D eigenvalue weighted by molar-refractivity contribution is 1.15. The van der Waals surface area contributed by atoms with Gasteiger partial charge in [-0.05, 0) is 113 Å². The first-order chi connectivity index (χ1) is 25.6. The molecule has 1 aromatic heterocycles. The van der Waals surface area contributed by atoms with E-state index < -0.39 is 0 Å². The number of para-hydroxylation sites is 3. The third kappa shape index (κ3) is 5.06. The fourth-order valence-corrected chi connectivity index (χ4v) is 8.16. The summed E-state index contributed by atoms with van der Waals surface area (Å²) in [6, 6.07) is 59.4. The molecule has 52 heavy (non-hydrogen) atoms. The average Bonchev–Trinajstić information content (AvgIpc) is 3.77. The molecule has 248 valence electrons. The summed E-state index contributed by atoms with van der Waals surface area (Å²) in [4.78, 5) is 2.38. The summed E-state index contributed by atoms with van der Waals surface area (Å²) in [6.07, 6.45) is 0.317. The van der Waals surface area contributed by atoms with Crippen molar-refractivity contribution in [1.29, 1.82) is 0 Å². The maximum Gasteiger partial charge on any atom is 0.117 e. The van der Waals surface area contributed by atoms with E-state index in [2.05, 4.69) is 198 Å². The van der Waals surface area contributed by atoms with Crippen LogP contribution in [-0.2, 0) is 0 Å². The second-order valence-corrected chi connectivity index (χ2v) is 14.0. The zero-order valence-corrected chi connectivity index (χ0v) is 29.3. The molecule has 2 heterocycles. The molecule has 1 aliphatic carbocycles. The van der Waals surface area contributed by atoms with Gasteiger partial charge in [-0.2, -0.15) is 0 Å². The van der Waals surface area contributed by atoms with Gasteiger partial charge in [0.05, 0.1) is 17.6 Å². The van der Waals surface area contributed by atoms with Crippen LogP contribution in [0.1, 0.15) is 29.2 Å². The Morgan fingerprint density at radius 3 is 2.08 bits per heavy atom. The molecular weight excluding hydrogens is 631 g/mol. The molecule has 1 atom stereocenters. The number of aromatic nitrogens is 1. The molecule has 1 unspecified atom stereocenters. The van der Waals surface area contributed by atoms with E-state index in [0.29, 0.717) is 6.17 Å². The van der Waals surface area contributed by atoms with Crippen LogP contribution in [0.25, 0.3) is 60.9 Å². The Bertz CT molecular complexity index is 2750. The van der Waals surface area contributed by atoms with E-state index >= 15 is 0 Å². The number of anilines is 2. The lowest BCUT2D eigenvalue weighted by Crippen LogP contribution is -2.10. The topological polar surface area (TPSA) is 20.0 Å².